The Kier molecular flexibility index (Phi) is 8.18. The minimum atomic E-state index is -3.53. The SMILES string of the molecule is CCOP(=O)(c1ccccc1)C1(NNC(=O)c2ccccc2)CCN(C(=O)OC(C)(C)C)CC1. The lowest BCUT2D eigenvalue weighted by Gasteiger charge is -2.46. The van der Waals surface area contributed by atoms with Crippen LogP contribution in [0.2, 0.25) is 0 Å². The molecule has 1 fully saturated rings. The second-order valence-electron chi connectivity index (χ2n) is 9.25. The summed E-state index contributed by atoms with van der Waals surface area (Å²) in [6, 6.07) is 17.8. The van der Waals surface area contributed by atoms with Gasteiger partial charge >= 0.3 is 6.09 Å². The number of amides is 2. The third kappa shape index (κ3) is 5.87. The van der Waals surface area contributed by atoms with Crippen LogP contribution in [0.3, 0.4) is 0 Å². The van der Waals surface area contributed by atoms with Crippen LogP contribution in [0, 0.1) is 0 Å². The summed E-state index contributed by atoms with van der Waals surface area (Å²) < 4.78 is 26.1. The van der Waals surface area contributed by atoms with Gasteiger partial charge < -0.3 is 14.2 Å². The molecule has 0 aromatic heterocycles. The van der Waals surface area contributed by atoms with Gasteiger partial charge in [0.1, 0.15) is 10.9 Å². The molecule has 2 aromatic carbocycles. The van der Waals surface area contributed by atoms with E-state index < -0.39 is 24.3 Å². The Morgan fingerprint density at radius 1 is 1.00 bits per heavy atom. The van der Waals surface area contributed by atoms with Gasteiger partial charge in [-0.1, -0.05) is 36.4 Å². The van der Waals surface area contributed by atoms with Crippen LogP contribution in [-0.2, 0) is 13.8 Å². The third-order valence-electron chi connectivity index (χ3n) is 5.66. The predicted octanol–water partition coefficient (Wildman–Crippen LogP) is 4.29. The number of hydrogen-bond donors (Lipinski definition) is 2. The highest BCUT2D eigenvalue weighted by Gasteiger charge is 2.53. The van der Waals surface area contributed by atoms with Gasteiger partial charge in [0, 0.05) is 24.0 Å². The maximum absolute atomic E-state index is 14.6. The molecule has 1 aliphatic rings. The lowest BCUT2D eigenvalue weighted by molar-refractivity contribution is 0.0171. The first-order valence-corrected chi connectivity index (χ1v) is 13.1. The molecule has 3 rings (SSSR count). The number of piperidine rings is 1. The van der Waals surface area contributed by atoms with Crippen molar-refractivity contribution in [3.63, 3.8) is 0 Å². The van der Waals surface area contributed by atoms with E-state index in [4.69, 9.17) is 9.26 Å². The van der Waals surface area contributed by atoms with E-state index in [1.54, 1.807) is 48.2 Å². The zero-order valence-corrected chi connectivity index (χ0v) is 21.1. The number of rotatable bonds is 7. The van der Waals surface area contributed by atoms with Crippen molar-refractivity contribution in [2.24, 2.45) is 0 Å². The zero-order valence-electron chi connectivity index (χ0n) is 20.2. The maximum Gasteiger partial charge on any atom is 0.410 e. The van der Waals surface area contributed by atoms with Crippen LogP contribution in [0.1, 0.15) is 50.9 Å². The van der Waals surface area contributed by atoms with Crippen molar-refractivity contribution in [2.45, 2.75) is 51.4 Å². The number of ether oxygens (including phenoxy) is 1. The highest BCUT2D eigenvalue weighted by atomic mass is 31.2. The number of nitrogens with zero attached hydrogens (tertiary/aromatic N) is 1. The van der Waals surface area contributed by atoms with Crippen molar-refractivity contribution in [1.29, 1.82) is 0 Å². The molecule has 8 nitrogen and oxygen atoms in total. The summed E-state index contributed by atoms with van der Waals surface area (Å²) in [7, 11) is -3.53. The first-order valence-electron chi connectivity index (χ1n) is 11.5. The molecule has 1 saturated heterocycles. The van der Waals surface area contributed by atoms with Gasteiger partial charge in [-0.3, -0.25) is 14.8 Å². The van der Waals surface area contributed by atoms with E-state index in [2.05, 4.69) is 10.9 Å². The van der Waals surface area contributed by atoms with Gasteiger partial charge in [0.2, 0.25) is 0 Å². The molecule has 2 amide bonds. The van der Waals surface area contributed by atoms with Crippen LogP contribution in [0.15, 0.2) is 60.7 Å². The number of carbonyl (C=O) groups excluding carboxylic acids is 2. The summed E-state index contributed by atoms with van der Waals surface area (Å²) in [5, 5.41) is -0.545. The smallest absolute Gasteiger partial charge is 0.410 e. The second-order valence-corrected chi connectivity index (χ2v) is 12.0. The fraction of sp³-hybridized carbons (Fsp3) is 0.440. The Balaban J connectivity index is 1.90. The van der Waals surface area contributed by atoms with Crippen molar-refractivity contribution in [3.8, 4) is 0 Å². The van der Waals surface area contributed by atoms with Crippen molar-refractivity contribution in [2.75, 3.05) is 19.7 Å². The van der Waals surface area contributed by atoms with E-state index >= 15 is 0 Å². The molecule has 2 N–H and O–H groups in total. The average Bonchev–Trinajstić information content (AvgIpc) is 2.83. The van der Waals surface area contributed by atoms with Crippen molar-refractivity contribution in [3.05, 3.63) is 66.2 Å². The minimum Gasteiger partial charge on any atom is -0.444 e. The number of hydrogen-bond acceptors (Lipinski definition) is 6. The summed E-state index contributed by atoms with van der Waals surface area (Å²) in [5.41, 5.74) is 5.71. The van der Waals surface area contributed by atoms with Crippen molar-refractivity contribution < 1.29 is 23.4 Å². The molecule has 1 heterocycles. The fourth-order valence-corrected chi connectivity index (χ4v) is 6.78. The zero-order chi connectivity index (χ0) is 24.8. The van der Waals surface area contributed by atoms with Gasteiger partial charge in [-0.2, -0.15) is 0 Å². The fourth-order valence-electron chi connectivity index (χ4n) is 3.96. The van der Waals surface area contributed by atoms with E-state index in [1.807, 2.05) is 45.0 Å². The molecular weight excluding hydrogens is 453 g/mol. The van der Waals surface area contributed by atoms with Gasteiger partial charge in [-0.05, 0) is 64.8 Å². The van der Waals surface area contributed by atoms with Gasteiger partial charge in [-0.25, -0.2) is 10.2 Å². The summed E-state index contributed by atoms with van der Waals surface area (Å²) >= 11 is 0. The van der Waals surface area contributed by atoms with Gasteiger partial charge in [0.25, 0.3) is 13.3 Å². The summed E-state index contributed by atoms with van der Waals surface area (Å²) in [5.74, 6) is -0.342. The Hall–Kier alpha value is -2.67. The first kappa shape index (κ1) is 25.9. The molecule has 1 aliphatic heterocycles. The molecule has 184 valence electrons. The Morgan fingerprint density at radius 3 is 2.09 bits per heavy atom. The standard InChI is InChI=1S/C25H34N3O5P/c1-5-32-34(31,21-14-10-7-11-15-21)25(27-26-22(29)20-12-8-6-9-13-20)16-18-28(19-17-25)23(30)33-24(2,3)4/h6-15,27H,5,16-19H2,1-4H3,(H,26,29). The van der Waals surface area contributed by atoms with Gasteiger partial charge in [0.05, 0.1) is 6.61 Å². The summed E-state index contributed by atoms with van der Waals surface area (Å²) in [6.45, 7) is 8.08. The van der Waals surface area contributed by atoms with Crippen molar-refractivity contribution in [1.82, 2.24) is 15.8 Å². The third-order valence-corrected chi connectivity index (χ3v) is 8.94. The number of benzene rings is 2. The molecule has 1 atom stereocenters. The topological polar surface area (TPSA) is 97.0 Å². The Morgan fingerprint density at radius 2 is 1.56 bits per heavy atom. The normalized spacial score (nSPS) is 17.5. The van der Waals surface area contributed by atoms with Crippen LogP contribution in [0.25, 0.3) is 0 Å². The van der Waals surface area contributed by atoms with E-state index in [9.17, 15) is 14.2 Å². The predicted molar refractivity (Wildman–Crippen MR) is 132 cm³/mol. The molecule has 0 aliphatic carbocycles. The highest BCUT2D eigenvalue weighted by Crippen LogP contribution is 2.60. The molecule has 0 radical (unpaired) electrons. The molecule has 34 heavy (non-hydrogen) atoms. The Bertz CT molecular complexity index is 1020. The van der Waals surface area contributed by atoms with E-state index in [1.165, 1.54) is 0 Å². The van der Waals surface area contributed by atoms with E-state index in [0.717, 1.165) is 0 Å². The maximum atomic E-state index is 14.6. The van der Waals surface area contributed by atoms with Crippen LogP contribution in [-0.4, -0.2) is 47.5 Å². The van der Waals surface area contributed by atoms with Crippen molar-refractivity contribution >= 4 is 24.7 Å². The quantitative estimate of drug-likeness (QED) is 0.447. The number of likely N-dealkylation sites (tertiary alicyclic amines) is 1. The van der Waals surface area contributed by atoms with Gasteiger partial charge in [0.15, 0.2) is 0 Å². The molecule has 0 bridgehead atoms. The van der Waals surface area contributed by atoms with Crippen LogP contribution in [0.5, 0.6) is 0 Å². The lowest BCUT2D eigenvalue weighted by atomic mass is 10.1. The van der Waals surface area contributed by atoms with Gasteiger partial charge in [-0.15, -0.1) is 0 Å². The van der Waals surface area contributed by atoms with E-state index in [0.29, 0.717) is 36.8 Å². The molecule has 9 heteroatoms. The second kappa shape index (κ2) is 10.7. The monoisotopic (exact) mass is 487 g/mol. The largest absolute Gasteiger partial charge is 0.444 e. The van der Waals surface area contributed by atoms with Crippen LogP contribution in [0.4, 0.5) is 4.79 Å². The molecule has 0 spiro atoms. The lowest BCUT2D eigenvalue weighted by Crippen LogP contribution is -2.60. The van der Waals surface area contributed by atoms with Crippen LogP contribution >= 0.6 is 7.37 Å². The Labute approximate surface area is 201 Å². The highest BCUT2D eigenvalue weighted by molar-refractivity contribution is 7.68. The molecule has 1 unspecified atom stereocenters. The summed E-state index contributed by atoms with van der Waals surface area (Å²) in [4.78, 5) is 27.0. The number of nitrogens with one attached hydrogen (secondary N) is 2. The van der Waals surface area contributed by atoms with E-state index in [-0.39, 0.29) is 12.5 Å². The molecule has 2 aromatic rings. The minimum absolute atomic E-state index is 0.234. The number of carbonyl (C=O) groups is 2. The molecule has 0 saturated carbocycles. The first-order chi connectivity index (χ1) is 16.1. The molecular formula is C25H34N3O5P. The number of hydrazine groups is 1. The average molecular weight is 488 g/mol. The summed E-state index contributed by atoms with van der Waals surface area (Å²) in [6.07, 6.45) is 0.182. The van der Waals surface area contributed by atoms with Crippen LogP contribution < -0.4 is 16.2 Å².